The van der Waals surface area contributed by atoms with E-state index in [1.165, 1.54) is 6.07 Å². The van der Waals surface area contributed by atoms with Crippen LogP contribution in [-0.4, -0.2) is 23.3 Å². The lowest BCUT2D eigenvalue weighted by Gasteiger charge is -2.00. The van der Waals surface area contributed by atoms with Crippen LogP contribution in [0.1, 0.15) is 22.1 Å². The minimum atomic E-state index is -0.803. The lowest BCUT2D eigenvalue weighted by Crippen LogP contribution is -2.00. The lowest BCUT2D eigenvalue weighted by atomic mass is 10.1. The fourth-order valence-corrected chi connectivity index (χ4v) is 1.35. The molecule has 2 aromatic rings. The average molecular weight is 254 g/mol. The topological polar surface area (TPSA) is 65.2 Å². The van der Waals surface area contributed by atoms with Gasteiger partial charge in [-0.2, -0.15) is 0 Å². The van der Waals surface area contributed by atoms with E-state index < -0.39 is 17.6 Å². The third kappa shape index (κ3) is 2.34. The Morgan fingerprint density at radius 3 is 2.61 bits per heavy atom. The zero-order valence-electron chi connectivity index (χ0n) is 9.31. The zero-order valence-corrected chi connectivity index (χ0v) is 9.31. The molecule has 0 saturated heterocycles. The molecular formula is C11H8F2N2O3. The molecule has 0 amide bonds. The summed E-state index contributed by atoms with van der Waals surface area (Å²) in [4.78, 5) is 11.0. The molecule has 5 nitrogen and oxygen atoms in total. The molecule has 0 fully saturated rings. The van der Waals surface area contributed by atoms with Crippen LogP contribution in [0.2, 0.25) is 0 Å². The Balaban J connectivity index is 2.24. The molecule has 18 heavy (non-hydrogen) atoms. The van der Waals surface area contributed by atoms with Gasteiger partial charge in [-0.25, -0.2) is 13.6 Å². The Hall–Kier alpha value is -2.31. The number of nitrogens with zero attached hydrogens (tertiary/aromatic N) is 2. The molecule has 1 aromatic heterocycles. The minimum Gasteiger partial charge on any atom is -0.462 e. The minimum absolute atomic E-state index is 0.0700. The van der Waals surface area contributed by atoms with Crippen LogP contribution in [0.5, 0.6) is 0 Å². The predicted octanol–water partition coefficient (Wildman–Crippen LogP) is 1.73. The van der Waals surface area contributed by atoms with E-state index in [1.807, 2.05) is 0 Å². The van der Waals surface area contributed by atoms with Crippen molar-refractivity contribution < 1.29 is 22.7 Å². The maximum Gasteiger partial charge on any atom is 0.396 e. The normalized spacial score (nSPS) is 10.4. The maximum absolute atomic E-state index is 13.3. The molecule has 0 spiro atoms. The number of aromatic nitrogens is 2. The first kappa shape index (κ1) is 12.2. The fourth-order valence-electron chi connectivity index (χ4n) is 1.35. The first-order chi connectivity index (χ1) is 8.61. The van der Waals surface area contributed by atoms with Crippen LogP contribution in [0.4, 0.5) is 8.78 Å². The Kier molecular flexibility index (Phi) is 3.31. The highest BCUT2D eigenvalue weighted by Crippen LogP contribution is 2.16. The fraction of sp³-hybridized carbons (Fsp3) is 0.182. The van der Waals surface area contributed by atoms with Crippen LogP contribution in [0, 0.1) is 11.6 Å². The summed E-state index contributed by atoms with van der Waals surface area (Å²) < 4.78 is 36.0. The summed E-state index contributed by atoms with van der Waals surface area (Å²) in [5.41, 5.74) is -0.197. The number of hydrogen-bond acceptors (Lipinski definition) is 5. The first-order valence-electron chi connectivity index (χ1n) is 4.95. The van der Waals surface area contributed by atoms with Crippen LogP contribution in [-0.2, 0) is 11.2 Å². The second-order valence-electron chi connectivity index (χ2n) is 3.37. The molecule has 2 rings (SSSR count). The van der Waals surface area contributed by atoms with Gasteiger partial charge in [-0.05, 0) is 12.1 Å². The van der Waals surface area contributed by atoms with E-state index in [9.17, 15) is 13.6 Å². The highest BCUT2D eigenvalue weighted by molar-refractivity contribution is 5.83. The Labute approximate surface area is 100 Å². The van der Waals surface area contributed by atoms with Gasteiger partial charge in [-0.15, -0.1) is 10.2 Å². The van der Waals surface area contributed by atoms with Crippen LogP contribution in [0.15, 0.2) is 22.6 Å². The number of carbonyl (C=O) groups is 1. The van der Waals surface area contributed by atoms with Crippen molar-refractivity contribution in [1.82, 2.24) is 10.2 Å². The number of rotatable bonds is 3. The third-order valence-corrected chi connectivity index (χ3v) is 2.22. The Morgan fingerprint density at radius 1 is 1.33 bits per heavy atom. The molecule has 0 saturated carbocycles. The number of hydrogen-bond donors (Lipinski definition) is 0. The third-order valence-electron chi connectivity index (χ3n) is 2.22. The van der Waals surface area contributed by atoms with Gasteiger partial charge in [0.2, 0.25) is 5.89 Å². The van der Waals surface area contributed by atoms with Crippen molar-refractivity contribution in [2.45, 2.75) is 6.42 Å². The average Bonchev–Trinajstić information content (AvgIpc) is 2.81. The molecule has 0 unspecified atom stereocenters. The summed E-state index contributed by atoms with van der Waals surface area (Å²) in [5, 5.41) is 6.92. The van der Waals surface area contributed by atoms with E-state index in [4.69, 9.17) is 4.42 Å². The van der Waals surface area contributed by atoms with Crippen LogP contribution in [0.25, 0.3) is 0 Å². The monoisotopic (exact) mass is 254 g/mol. The molecule has 0 radical (unpaired) electrons. The van der Waals surface area contributed by atoms with E-state index >= 15 is 0 Å². The molecule has 0 bridgehead atoms. The van der Waals surface area contributed by atoms with Crippen molar-refractivity contribution in [2.24, 2.45) is 0 Å². The summed E-state index contributed by atoms with van der Waals surface area (Å²) >= 11 is 0. The first-order valence-corrected chi connectivity index (χ1v) is 4.95. The molecular weight excluding hydrogens is 246 g/mol. The van der Waals surface area contributed by atoms with E-state index in [-0.39, 0.29) is 23.8 Å². The van der Waals surface area contributed by atoms with Gasteiger partial charge in [0.25, 0.3) is 0 Å². The molecule has 0 aliphatic rings. The highest BCUT2D eigenvalue weighted by atomic mass is 19.1. The molecule has 0 aliphatic heterocycles. The number of ether oxygens (including phenoxy) is 1. The molecule has 94 valence electrons. The van der Waals surface area contributed by atoms with Crippen molar-refractivity contribution in [3.63, 3.8) is 0 Å². The van der Waals surface area contributed by atoms with Gasteiger partial charge in [0.1, 0.15) is 11.6 Å². The van der Waals surface area contributed by atoms with E-state index in [0.29, 0.717) is 0 Å². The largest absolute Gasteiger partial charge is 0.462 e. The zero-order chi connectivity index (χ0) is 13.1. The number of esters is 1. The van der Waals surface area contributed by atoms with Crippen molar-refractivity contribution in [1.29, 1.82) is 0 Å². The van der Waals surface area contributed by atoms with Gasteiger partial charge >= 0.3 is 11.9 Å². The van der Waals surface area contributed by atoms with Gasteiger partial charge in [0.05, 0.1) is 13.5 Å². The van der Waals surface area contributed by atoms with Crippen molar-refractivity contribution >= 4 is 5.97 Å². The van der Waals surface area contributed by atoms with E-state index in [2.05, 4.69) is 14.9 Å². The molecule has 0 atom stereocenters. The molecule has 1 heterocycles. The molecule has 0 aliphatic carbocycles. The van der Waals surface area contributed by atoms with Crippen molar-refractivity contribution in [3.05, 3.63) is 47.2 Å². The Morgan fingerprint density at radius 2 is 2.00 bits per heavy atom. The maximum atomic E-state index is 13.3. The summed E-state index contributed by atoms with van der Waals surface area (Å²) in [6, 6.07) is 3.49. The van der Waals surface area contributed by atoms with Gasteiger partial charge in [-0.3, -0.25) is 0 Å². The number of benzene rings is 1. The number of halogens is 2. The van der Waals surface area contributed by atoms with Gasteiger partial charge in [0.15, 0.2) is 0 Å². The summed E-state index contributed by atoms with van der Waals surface area (Å²) in [6.45, 7) is 0. The van der Waals surface area contributed by atoms with Crippen molar-refractivity contribution in [2.75, 3.05) is 7.11 Å². The van der Waals surface area contributed by atoms with E-state index in [1.54, 1.807) is 0 Å². The second kappa shape index (κ2) is 4.91. The molecule has 0 N–H and O–H groups in total. The predicted molar refractivity (Wildman–Crippen MR) is 54.8 cm³/mol. The van der Waals surface area contributed by atoms with Crippen LogP contribution in [0.3, 0.4) is 0 Å². The highest BCUT2D eigenvalue weighted by Gasteiger charge is 2.17. The van der Waals surface area contributed by atoms with Crippen LogP contribution >= 0.6 is 0 Å². The van der Waals surface area contributed by atoms with Gasteiger partial charge in [0, 0.05) is 5.56 Å². The quantitative estimate of drug-likeness (QED) is 0.780. The SMILES string of the molecule is COC(=O)c1nnc(Cc2c(F)cccc2F)o1. The standard InChI is InChI=1S/C11H8F2N2O3/c1-17-11(16)10-15-14-9(18-10)5-6-7(12)3-2-4-8(6)13/h2-4H,5H2,1H3. The summed E-state index contributed by atoms with van der Waals surface area (Å²) in [6.07, 6.45) is -0.234. The summed E-state index contributed by atoms with van der Waals surface area (Å²) in [7, 11) is 1.16. The Bertz CT molecular complexity index is 563. The smallest absolute Gasteiger partial charge is 0.396 e. The summed E-state index contributed by atoms with van der Waals surface area (Å²) in [5.74, 6) is -2.66. The number of carbonyl (C=O) groups excluding carboxylic acids is 1. The van der Waals surface area contributed by atoms with Gasteiger partial charge in [-0.1, -0.05) is 6.07 Å². The van der Waals surface area contributed by atoms with E-state index in [0.717, 1.165) is 19.2 Å². The number of methoxy groups -OCH3 is 1. The molecule has 1 aromatic carbocycles. The van der Waals surface area contributed by atoms with Crippen LogP contribution < -0.4 is 0 Å². The second-order valence-corrected chi connectivity index (χ2v) is 3.37. The molecule has 7 heteroatoms. The lowest BCUT2D eigenvalue weighted by molar-refractivity contribution is 0.0554. The van der Waals surface area contributed by atoms with Gasteiger partial charge < -0.3 is 9.15 Å². The van der Waals surface area contributed by atoms with Crippen molar-refractivity contribution in [3.8, 4) is 0 Å².